The molecule has 0 radical (unpaired) electrons. The van der Waals surface area contributed by atoms with Gasteiger partial charge >= 0.3 is 6.09 Å². The van der Waals surface area contributed by atoms with E-state index in [0.29, 0.717) is 0 Å². The molecule has 1 aromatic rings. The van der Waals surface area contributed by atoms with Crippen molar-refractivity contribution in [3.63, 3.8) is 0 Å². The fourth-order valence-corrected chi connectivity index (χ4v) is 1.87. The van der Waals surface area contributed by atoms with Crippen LogP contribution in [0.1, 0.15) is 32.4 Å². The van der Waals surface area contributed by atoms with Gasteiger partial charge in [-0.05, 0) is 43.2 Å². The van der Waals surface area contributed by atoms with Gasteiger partial charge in [-0.1, -0.05) is 0 Å². The minimum atomic E-state index is -0.529. The Bertz CT molecular complexity index is 329. The number of hydrogen-bond donors (Lipinski definition) is 2. The standard InChI is InChI=1S/C11H17NO3S/c1-11(2,3)15-10(14)12-9(6-13)8-4-5-16-7-8/h4-5,7,9,13H,6H2,1-3H3,(H,12,14). The summed E-state index contributed by atoms with van der Waals surface area (Å²) in [7, 11) is 0. The van der Waals surface area contributed by atoms with Crippen LogP contribution in [0.15, 0.2) is 16.8 Å². The highest BCUT2D eigenvalue weighted by molar-refractivity contribution is 7.07. The van der Waals surface area contributed by atoms with Gasteiger partial charge in [-0.25, -0.2) is 4.79 Å². The summed E-state index contributed by atoms with van der Waals surface area (Å²) in [6, 6.07) is 1.46. The van der Waals surface area contributed by atoms with E-state index in [1.54, 1.807) is 20.8 Å². The van der Waals surface area contributed by atoms with Crippen LogP contribution in [-0.4, -0.2) is 23.4 Å². The predicted molar refractivity (Wildman–Crippen MR) is 63.5 cm³/mol. The van der Waals surface area contributed by atoms with Crippen molar-refractivity contribution in [1.82, 2.24) is 5.32 Å². The summed E-state index contributed by atoms with van der Waals surface area (Å²) in [5.74, 6) is 0. The first-order valence-electron chi connectivity index (χ1n) is 5.05. The fraction of sp³-hybridized carbons (Fsp3) is 0.545. The smallest absolute Gasteiger partial charge is 0.408 e. The Labute approximate surface area is 99.2 Å². The largest absolute Gasteiger partial charge is 0.444 e. The predicted octanol–water partition coefficient (Wildman–Crippen LogP) is 2.31. The zero-order valence-corrected chi connectivity index (χ0v) is 10.5. The van der Waals surface area contributed by atoms with Gasteiger partial charge in [0.25, 0.3) is 0 Å². The molecular formula is C11H17NO3S. The van der Waals surface area contributed by atoms with E-state index in [9.17, 15) is 9.90 Å². The van der Waals surface area contributed by atoms with E-state index in [0.717, 1.165) is 5.56 Å². The molecule has 0 aliphatic carbocycles. The molecule has 5 heteroatoms. The number of hydrogen-bond acceptors (Lipinski definition) is 4. The highest BCUT2D eigenvalue weighted by Crippen LogP contribution is 2.16. The van der Waals surface area contributed by atoms with E-state index < -0.39 is 17.7 Å². The van der Waals surface area contributed by atoms with Crippen molar-refractivity contribution < 1.29 is 14.6 Å². The second kappa shape index (κ2) is 5.32. The van der Waals surface area contributed by atoms with Crippen LogP contribution in [0.2, 0.25) is 0 Å². The molecule has 0 fully saturated rings. The molecule has 0 spiro atoms. The van der Waals surface area contributed by atoms with Gasteiger partial charge in [0.05, 0.1) is 12.6 Å². The van der Waals surface area contributed by atoms with Gasteiger partial charge in [-0.3, -0.25) is 0 Å². The van der Waals surface area contributed by atoms with Crippen LogP contribution >= 0.6 is 11.3 Å². The minimum Gasteiger partial charge on any atom is -0.444 e. The summed E-state index contributed by atoms with van der Waals surface area (Å²) in [4.78, 5) is 11.5. The number of amides is 1. The normalized spacial score (nSPS) is 13.2. The molecule has 4 nitrogen and oxygen atoms in total. The molecule has 0 saturated carbocycles. The SMILES string of the molecule is CC(C)(C)OC(=O)NC(CO)c1ccsc1. The van der Waals surface area contributed by atoms with Crippen LogP contribution in [0.4, 0.5) is 4.79 Å². The third kappa shape index (κ3) is 4.20. The van der Waals surface area contributed by atoms with Gasteiger partial charge in [0.15, 0.2) is 0 Å². The monoisotopic (exact) mass is 243 g/mol. The Balaban J connectivity index is 2.55. The number of alkyl carbamates (subject to hydrolysis) is 1. The molecule has 1 heterocycles. The second-order valence-electron chi connectivity index (χ2n) is 4.44. The summed E-state index contributed by atoms with van der Waals surface area (Å²) < 4.78 is 5.11. The summed E-state index contributed by atoms with van der Waals surface area (Å²) in [5, 5.41) is 15.6. The van der Waals surface area contributed by atoms with Crippen molar-refractivity contribution in [2.75, 3.05) is 6.61 Å². The van der Waals surface area contributed by atoms with Crippen molar-refractivity contribution in [1.29, 1.82) is 0 Å². The number of thiophene rings is 1. The number of rotatable bonds is 3. The molecule has 0 aliphatic heterocycles. The van der Waals surface area contributed by atoms with E-state index in [4.69, 9.17) is 4.74 Å². The van der Waals surface area contributed by atoms with Crippen molar-refractivity contribution in [2.24, 2.45) is 0 Å². The number of carbonyl (C=O) groups is 1. The van der Waals surface area contributed by atoms with Crippen LogP contribution in [0.3, 0.4) is 0 Å². The average molecular weight is 243 g/mol. The number of aliphatic hydroxyl groups excluding tert-OH is 1. The maximum atomic E-state index is 11.5. The van der Waals surface area contributed by atoms with Crippen LogP contribution in [0.25, 0.3) is 0 Å². The van der Waals surface area contributed by atoms with Gasteiger partial charge in [-0.15, -0.1) is 0 Å². The Hall–Kier alpha value is -1.07. The molecular weight excluding hydrogens is 226 g/mol. The van der Waals surface area contributed by atoms with Gasteiger partial charge in [0, 0.05) is 0 Å². The first-order chi connectivity index (χ1) is 7.42. The molecule has 1 aromatic heterocycles. The Morgan fingerprint density at radius 1 is 1.62 bits per heavy atom. The number of nitrogens with one attached hydrogen (secondary N) is 1. The molecule has 1 atom stereocenters. The number of ether oxygens (including phenoxy) is 1. The lowest BCUT2D eigenvalue weighted by Gasteiger charge is -2.22. The van der Waals surface area contributed by atoms with Gasteiger partial charge in [-0.2, -0.15) is 11.3 Å². The van der Waals surface area contributed by atoms with Gasteiger partial charge in [0.1, 0.15) is 5.60 Å². The Morgan fingerprint density at radius 3 is 2.75 bits per heavy atom. The first kappa shape index (κ1) is 13.0. The van der Waals surface area contributed by atoms with Crippen molar-refractivity contribution in [3.05, 3.63) is 22.4 Å². The Kier molecular flexibility index (Phi) is 4.32. The third-order valence-corrected chi connectivity index (χ3v) is 2.52. The van der Waals surface area contributed by atoms with Crippen molar-refractivity contribution in [3.8, 4) is 0 Å². The molecule has 2 N–H and O–H groups in total. The van der Waals surface area contributed by atoms with Crippen LogP contribution < -0.4 is 5.32 Å². The highest BCUT2D eigenvalue weighted by Gasteiger charge is 2.20. The number of aliphatic hydroxyl groups is 1. The van der Waals surface area contributed by atoms with Gasteiger partial charge in [0.2, 0.25) is 0 Å². The second-order valence-corrected chi connectivity index (χ2v) is 5.22. The van der Waals surface area contributed by atoms with E-state index in [1.807, 2.05) is 16.8 Å². The lowest BCUT2D eigenvalue weighted by molar-refractivity contribution is 0.0482. The maximum Gasteiger partial charge on any atom is 0.408 e. The van der Waals surface area contributed by atoms with E-state index >= 15 is 0 Å². The minimum absolute atomic E-state index is 0.143. The van der Waals surface area contributed by atoms with E-state index in [2.05, 4.69) is 5.32 Å². The summed E-state index contributed by atoms with van der Waals surface area (Å²) >= 11 is 1.52. The zero-order valence-electron chi connectivity index (χ0n) is 9.69. The molecule has 16 heavy (non-hydrogen) atoms. The molecule has 1 rings (SSSR count). The maximum absolute atomic E-state index is 11.5. The first-order valence-corrected chi connectivity index (χ1v) is 5.99. The lowest BCUT2D eigenvalue weighted by Crippen LogP contribution is -2.36. The van der Waals surface area contributed by atoms with Crippen molar-refractivity contribution in [2.45, 2.75) is 32.4 Å². The highest BCUT2D eigenvalue weighted by atomic mass is 32.1. The third-order valence-electron chi connectivity index (χ3n) is 1.82. The molecule has 1 amide bonds. The quantitative estimate of drug-likeness (QED) is 0.856. The summed E-state index contributed by atoms with van der Waals surface area (Å²) in [6.45, 7) is 5.25. The van der Waals surface area contributed by atoms with Gasteiger partial charge < -0.3 is 15.2 Å². The van der Waals surface area contributed by atoms with Crippen LogP contribution in [0, 0.1) is 0 Å². The number of carbonyl (C=O) groups excluding carboxylic acids is 1. The molecule has 0 bridgehead atoms. The van der Waals surface area contributed by atoms with Crippen LogP contribution in [0.5, 0.6) is 0 Å². The van der Waals surface area contributed by atoms with E-state index in [-0.39, 0.29) is 6.61 Å². The molecule has 90 valence electrons. The Morgan fingerprint density at radius 2 is 2.31 bits per heavy atom. The topological polar surface area (TPSA) is 58.6 Å². The van der Waals surface area contributed by atoms with Crippen molar-refractivity contribution >= 4 is 17.4 Å². The zero-order chi connectivity index (χ0) is 12.2. The summed E-state index contributed by atoms with van der Waals surface area (Å²) in [5.41, 5.74) is 0.358. The molecule has 0 aromatic carbocycles. The molecule has 0 aliphatic rings. The lowest BCUT2D eigenvalue weighted by atomic mass is 10.1. The summed E-state index contributed by atoms with van der Waals surface area (Å²) in [6.07, 6.45) is -0.516. The van der Waals surface area contributed by atoms with Crippen LogP contribution in [-0.2, 0) is 4.74 Å². The van der Waals surface area contributed by atoms with E-state index in [1.165, 1.54) is 11.3 Å². The fourth-order valence-electron chi connectivity index (χ4n) is 1.16. The molecule has 0 saturated heterocycles. The molecule has 1 unspecified atom stereocenters. The average Bonchev–Trinajstić information content (AvgIpc) is 2.63.